The summed E-state index contributed by atoms with van der Waals surface area (Å²) in [6.45, 7) is 1.39. The molecule has 0 aliphatic rings. The minimum Gasteiger partial charge on any atom is -0.467 e. The summed E-state index contributed by atoms with van der Waals surface area (Å²) in [6.07, 6.45) is 0.296. The first-order chi connectivity index (χ1) is 13.5. The van der Waals surface area contributed by atoms with Crippen LogP contribution in [0.3, 0.4) is 0 Å². The number of fused-ring (bicyclic) bond motifs is 1. The molecule has 0 spiro atoms. The number of carbonyl (C=O) groups is 2. The van der Waals surface area contributed by atoms with Crippen LogP contribution >= 0.6 is 0 Å². The summed E-state index contributed by atoms with van der Waals surface area (Å²) < 4.78 is 6.18. The molecule has 0 radical (unpaired) electrons. The average molecular weight is 379 g/mol. The van der Waals surface area contributed by atoms with Crippen molar-refractivity contribution in [3.8, 4) is 0 Å². The van der Waals surface area contributed by atoms with E-state index in [9.17, 15) is 14.4 Å². The fourth-order valence-electron chi connectivity index (χ4n) is 3.05. The molecule has 7 nitrogen and oxygen atoms in total. The van der Waals surface area contributed by atoms with Gasteiger partial charge < -0.3 is 10.1 Å². The summed E-state index contributed by atoms with van der Waals surface area (Å²) in [6, 6.07) is 15.6. The number of nitrogens with one attached hydrogen (secondary N) is 1. The molecule has 144 valence electrons. The highest BCUT2D eigenvalue weighted by atomic mass is 16.5. The van der Waals surface area contributed by atoms with E-state index in [-0.39, 0.29) is 12.1 Å². The molecule has 0 aliphatic carbocycles. The highest BCUT2D eigenvalue weighted by Crippen LogP contribution is 2.10. The molecule has 0 saturated carbocycles. The standard InChI is InChI=1S/C21H21N3O4/c1-14-20(26)24(18-11-7-6-10-16(18)22-14)13-19(25)23-17(21(27)28-2)12-15-8-4-3-5-9-15/h3-11,17H,12-13H2,1-2H3,(H,23,25)/t17-/m1/s1. The average Bonchev–Trinajstić information content (AvgIpc) is 2.71. The van der Waals surface area contributed by atoms with Crippen molar-refractivity contribution >= 4 is 22.9 Å². The van der Waals surface area contributed by atoms with E-state index < -0.39 is 17.9 Å². The lowest BCUT2D eigenvalue weighted by atomic mass is 10.1. The third kappa shape index (κ3) is 4.25. The quantitative estimate of drug-likeness (QED) is 0.657. The summed E-state index contributed by atoms with van der Waals surface area (Å²) in [5.41, 5.74) is 2.04. The summed E-state index contributed by atoms with van der Waals surface area (Å²) >= 11 is 0. The van der Waals surface area contributed by atoms with Crippen LogP contribution < -0.4 is 10.9 Å². The van der Waals surface area contributed by atoms with E-state index in [4.69, 9.17) is 4.74 Å². The summed E-state index contributed by atoms with van der Waals surface area (Å²) in [4.78, 5) is 41.5. The molecule has 0 saturated heterocycles. The first kappa shape index (κ1) is 19.3. The van der Waals surface area contributed by atoms with Crippen molar-refractivity contribution in [3.63, 3.8) is 0 Å². The number of aryl methyl sites for hydroxylation is 1. The van der Waals surface area contributed by atoms with Gasteiger partial charge in [-0.3, -0.25) is 14.2 Å². The molecule has 1 N–H and O–H groups in total. The maximum Gasteiger partial charge on any atom is 0.328 e. The summed E-state index contributed by atoms with van der Waals surface area (Å²) in [7, 11) is 1.27. The number of amides is 1. The maximum atomic E-state index is 12.6. The van der Waals surface area contributed by atoms with E-state index in [0.29, 0.717) is 23.1 Å². The second kappa shape index (κ2) is 8.47. The molecule has 0 unspecified atom stereocenters. The number of esters is 1. The van der Waals surface area contributed by atoms with Gasteiger partial charge in [-0.1, -0.05) is 42.5 Å². The second-order valence-electron chi connectivity index (χ2n) is 6.41. The smallest absolute Gasteiger partial charge is 0.328 e. The SMILES string of the molecule is COC(=O)[C@@H](Cc1ccccc1)NC(=O)Cn1c(=O)c(C)nc2ccccc21. The normalized spacial score (nSPS) is 11.8. The van der Waals surface area contributed by atoms with Crippen molar-refractivity contribution in [2.75, 3.05) is 7.11 Å². The molecule has 0 fully saturated rings. The molecule has 1 atom stereocenters. The molecule has 1 aromatic heterocycles. The van der Waals surface area contributed by atoms with Crippen LogP contribution in [0.5, 0.6) is 0 Å². The zero-order valence-electron chi connectivity index (χ0n) is 15.7. The number of ether oxygens (including phenoxy) is 1. The molecule has 2 aromatic carbocycles. The molecule has 3 rings (SSSR count). The van der Waals surface area contributed by atoms with E-state index in [1.165, 1.54) is 11.7 Å². The van der Waals surface area contributed by atoms with Crippen LogP contribution in [0.15, 0.2) is 59.4 Å². The van der Waals surface area contributed by atoms with E-state index >= 15 is 0 Å². The lowest BCUT2D eigenvalue weighted by Gasteiger charge is -2.18. The maximum absolute atomic E-state index is 12.6. The number of rotatable bonds is 6. The Morgan fingerprint density at radius 2 is 1.79 bits per heavy atom. The van der Waals surface area contributed by atoms with E-state index in [0.717, 1.165) is 5.56 Å². The third-order valence-electron chi connectivity index (χ3n) is 4.42. The minimum absolute atomic E-state index is 0.217. The van der Waals surface area contributed by atoms with Gasteiger partial charge in [-0.15, -0.1) is 0 Å². The molecule has 7 heteroatoms. The molecular formula is C21H21N3O4. The van der Waals surface area contributed by atoms with Crippen molar-refractivity contribution in [1.82, 2.24) is 14.9 Å². The van der Waals surface area contributed by atoms with E-state index in [1.54, 1.807) is 25.1 Å². The zero-order chi connectivity index (χ0) is 20.1. The second-order valence-corrected chi connectivity index (χ2v) is 6.41. The highest BCUT2D eigenvalue weighted by Gasteiger charge is 2.22. The van der Waals surface area contributed by atoms with Crippen molar-refractivity contribution in [3.05, 3.63) is 76.2 Å². The Morgan fingerprint density at radius 1 is 1.11 bits per heavy atom. The molecule has 1 amide bonds. The van der Waals surface area contributed by atoms with Gasteiger partial charge in [0.15, 0.2) is 0 Å². The first-order valence-corrected chi connectivity index (χ1v) is 8.87. The van der Waals surface area contributed by atoms with Gasteiger partial charge in [-0.25, -0.2) is 9.78 Å². The van der Waals surface area contributed by atoms with Crippen LogP contribution in [0, 0.1) is 6.92 Å². The Hall–Kier alpha value is -3.48. The van der Waals surface area contributed by atoms with Crippen molar-refractivity contribution < 1.29 is 14.3 Å². The first-order valence-electron chi connectivity index (χ1n) is 8.87. The van der Waals surface area contributed by atoms with Crippen LogP contribution in [0.4, 0.5) is 0 Å². The van der Waals surface area contributed by atoms with Crippen molar-refractivity contribution in [1.29, 1.82) is 0 Å². The van der Waals surface area contributed by atoms with Gasteiger partial charge in [0.05, 0.1) is 18.1 Å². The van der Waals surface area contributed by atoms with E-state index in [1.807, 2.05) is 36.4 Å². The molecule has 3 aromatic rings. The zero-order valence-corrected chi connectivity index (χ0v) is 15.7. The largest absolute Gasteiger partial charge is 0.467 e. The Labute approximate surface area is 162 Å². The van der Waals surface area contributed by atoms with Crippen molar-refractivity contribution in [2.45, 2.75) is 25.9 Å². The number of nitrogens with zero attached hydrogens (tertiary/aromatic N) is 2. The minimum atomic E-state index is -0.843. The third-order valence-corrected chi connectivity index (χ3v) is 4.42. The number of aromatic nitrogens is 2. The van der Waals surface area contributed by atoms with Gasteiger partial charge >= 0.3 is 5.97 Å². The summed E-state index contributed by atoms with van der Waals surface area (Å²) in [5.74, 6) is -0.996. The number of methoxy groups -OCH3 is 1. The Morgan fingerprint density at radius 3 is 2.50 bits per heavy atom. The van der Waals surface area contributed by atoms with E-state index in [2.05, 4.69) is 10.3 Å². The number of para-hydroxylation sites is 2. The van der Waals surface area contributed by atoms with Crippen molar-refractivity contribution in [2.24, 2.45) is 0 Å². The number of carbonyl (C=O) groups excluding carboxylic acids is 2. The topological polar surface area (TPSA) is 90.3 Å². The highest BCUT2D eigenvalue weighted by molar-refractivity contribution is 5.85. The van der Waals surface area contributed by atoms with Crippen LogP contribution in [0.1, 0.15) is 11.3 Å². The molecular weight excluding hydrogens is 358 g/mol. The molecule has 1 heterocycles. The van der Waals surface area contributed by atoms with Gasteiger partial charge in [0.2, 0.25) is 5.91 Å². The van der Waals surface area contributed by atoms with Crippen LogP contribution in [0.25, 0.3) is 11.0 Å². The fourth-order valence-corrected chi connectivity index (χ4v) is 3.05. The lowest BCUT2D eigenvalue weighted by Crippen LogP contribution is -2.45. The Bertz CT molecular complexity index is 1060. The Kier molecular flexibility index (Phi) is 5.84. The van der Waals surface area contributed by atoms with Crippen LogP contribution in [0.2, 0.25) is 0 Å². The number of benzene rings is 2. The fraction of sp³-hybridized carbons (Fsp3) is 0.238. The van der Waals surface area contributed by atoms with Crippen LogP contribution in [-0.2, 0) is 27.3 Å². The predicted octanol–water partition coefficient (Wildman–Crippen LogP) is 1.61. The number of hydrogen-bond acceptors (Lipinski definition) is 5. The molecule has 0 aliphatic heterocycles. The van der Waals surface area contributed by atoms with Gasteiger partial charge in [-0.05, 0) is 24.6 Å². The predicted molar refractivity (Wildman–Crippen MR) is 105 cm³/mol. The van der Waals surface area contributed by atoms with Gasteiger partial charge in [-0.2, -0.15) is 0 Å². The monoisotopic (exact) mass is 379 g/mol. The molecule has 28 heavy (non-hydrogen) atoms. The van der Waals surface area contributed by atoms with Gasteiger partial charge in [0.1, 0.15) is 18.3 Å². The Balaban J connectivity index is 1.84. The lowest BCUT2D eigenvalue weighted by molar-refractivity contribution is -0.145. The molecule has 0 bridgehead atoms. The van der Waals surface area contributed by atoms with Gasteiger partial charge in [0.25, 0.3) is 5.56 Å². The van der Waals surface area contributed by atoms with Gasteiger partial charge in [0, 0.05) is 6.42 Å². The van der Waals surface area contributed by atoms with Crippen LogP contribution in [-0.4, -0.2) is 34.6 Å². The number of hydrogen-bond donors (Lipinski definition) is 1. The summed E-state index contributed by atoms with van der Waals surface area (Å²) in [5, 5.41) is 2.68.